The lowest BCUT2D eigenvalue weighted by Crippen LogP contribution is -2.35. The van der Waals surface area contributed by atoms with Gasteiger partial charge in [-0.05, 0) is 19.4 Å². The minimum absolute atomic E-state index is 0.294. The van der Waals surface area contributed by atoms with Gasteiger partial charge < -0.3 is 14.6 Å². The summed E-state index contributed by atoms with van der Waals surface area (Å²) in [5, 5.41) is 7.06. The molecule has 1 aromatic rings. The topological polar surface area (TPSA) is 60.2 Å². The lowest BCUT2D eigenvalue weighted by molar-refractivity contribution is 0.0210. The molecule has 2 rings (SSSR count). The molecule has 78 valence electrons. The number of piperidine rings is 1. The van der Waals surface area contributed by atoms with Gasteiger partial charge in [-0.3, -0.25) is 0 Å². The van der Waals surface area contributed by atoms with Crippen molar-refractivity contribution >= 4 is 0 Å². The van der Waals surface area contributed by atoms with E-state index in [1.54, 1.807) is 6.92 Å². The van der Waals surface area contributed by atoms with Gasteiger partial charge in [0.15, 0.2) is 5.82 Å². The second-order valence-electron chi connectivity index (χ2n) is 3.51. The molecule has 0 amide bonds. The maximum atomic E-state index is 5.63. The lowest BCUT2D eigenvalue weighted by atomic mass is 10.1. The Balaban J connectivity index is 1.76. The van der Waals surface area contributed by atoms with Gasteiger partial charge in [-0.15, -0.1) is 0 Å². The normalized spacial score (nSPS) is 22.5. The first-order chi connectivity index (χ1) is 6.84. The number of hydrogen-bond donors (Lipinski definition) is 1. The zero-order valence-electron chi connectivity index (χ0n) is 8.32. The second kappa shape index (κ2) is 4.52. The molecule has 0 unspecified atom stereocenters. The van der Waals surface area contributed by atoms with E-state index in [9.17, 15) is 0 Å². The summed E-state index contributed by atoms with van der Waals surface area (Å²) in [6.45, 7) is 4.25. The molecule has 5 heteroatoms. The maximum Gasteiger partial charge on any atom is 0.223 e. The zero-order valence-corrected chi connectivity index (χ0v) is 8.32. The molecule has 0 spiro atoms. The fraction of sp³-hybridized carbons (Fsp3) is 0.778. The number of hydrogen-bond acceptors (Lipinski definition) is 5. The molecule has 1 saturated heterocycles. The van der Waals surface area contributed by atoms with E-state index in [1.807, 2.05) is 0 Å². The van der Waals surface area contributed by atoms with E-state index in [4.69, 9.17) is 9.26 Å². The highest BCUT2D eigenvalue weighted by molar-refractivity contribution is 4.81. The van der Waals surface area contributed by atoms with E-state index in [0.717, 1.165) is 19.5 Å². The molecule has 1 atom stereocenters. The highest BCUT2D eigenvalue weighted by atomic mass is 16.5. The fourth-order valence-corrected chi connectivity index (χ4v) is 1.55. The van der Waals surface area contributed by atoms with E-state index in [-0.39, 0.29) is 0 Å². The summed E-state index contributed by atoms with van der Waals surface area (Å²) in [5.74, 6) is 1.22. The highest BCUT2D eigenvalue weighted by Gasteiger charge is 2.14. The van der Waals surface area contributed by atoms with Gasteiger partial charge in [0.2, 0.25) is 5.89 Å². The molecule has 14 heavy (non-hydrogen) atoms. The molecular weight excluding hydrogens is 182 g/mol. The molecule has 0 radical (unpaired) electrons. The first-order valence-electron chi connectivity index (χ1n) is 4.96. The Labute approximate surface area is 82.8 Å². The zero-order chi connectivity index (χ0) is 9.80. The third-order valence-corrected chi connectivity index (χ3v) is 2.27. The van der Waals surface area contributed by atoms with Crippen molar-refractivity contribution in [2.75, 3.05) is 13.1 Å². The van der Waals surface area contributed by atoms with E-state index < -0.39 is 0 Å². The average Bonchev–Trinajstić information content (AvgIpc) is 2.63. The summed E-state index contributed by atoms with van der Waals surface area (Å²) in [6, 6.07) is 0. The molecule has 0 aliphatic carbocycles. The maximum absolute atomic E-state index is 5.63. The van der Waals surface area contributed by atoms with Gasteiger partial charge >= 0.3 is 0 Å². The van der Waals surface area contributed by atoms with Crippen molar-refractivity contribution in [3.63, 3.8) is 0 Å². The molecule has 5 nitrogen and oxygen atoms in total. The highest BCUT2D eigenvalue weighted by Crippen LogP contribution is 2.08. The third-order valence-electron chi connectivity index (χ3n) is 2.27. The van der Waals surface area contributed by atoms with Crippen LogP contribution in [0.1, 0.15) is 24.6 Å². The van der Waals surface area contributed by atoms with Crippen LogP contribution in [0.25, 0.3) is 0 Å². The smallest absolute Gasteiger partial charge is 0.223 e. The standard InChI is InChI=1S/C9H15N3O2/c1-7-11-9(12-14-7)6-13-8-3-2-4-10-5-8/h8,10H,2-6H2,1H3/t8-/m1/s1. The number of aromatic nitrogens is 2. The van der Waals surface area contributed by atoms with Crippen LogP contribution in [0.15, 0.2) is 4.52 Å². The van der Waals surface area contributed by atoms with Crippen molar-refractivity contribution in [2.45, 2.75) is 32.5 Å². The van der Waals surface area contributed by atoms with Crippen LogP contribution in [-0.4, -0.2) is 29.3 Å². The van der Waals surface area contributed by atoms with Crippen LogP contribution in [0.5, 0.6) is 0 Å². The summed E-state index contributed by atoms with van der Waals surface area (Å²) in [7, 11) is 0. The molecule has 1 aromatic heterocycles. The lowest BCUT2D eigenvalue weighted by Gasteiger charge is -2.22. The van der Waals surface area contributed by atoms with Gasteiger partial charge in [0.25, 0.3) is 0 Å². The van der Waals surface area contributed by atoms with Crippen molar-refractivity contribution in [1.82, 2.24) is 15.5 Å². The third kappa shape index (κ3) is 2.52. The average molecular weight is 197 g/mol. The molecule has 1 fully saturated rings. The molecule has 1 aliphatic rings. The van der Waals surface area contributed by atoms with Crippen LogP contribution in [0.2, 0.25) is 0 Å². The van der Waals surface area contributed by atoms with Crippen LogP contribution in [0, 0.1) is 6.92 Å². The Morgan fingerprint density at radius 1 is 1.64 bits per heavy atom. The van der Waals surface area contributed by atoms with E-state index in [0.29, 0.717) is 24.4 Å². The molecule has 0 bridgehead atoms. The molecule has 2 heterocycles. The monoisotopic (exact) mass is 197 g/mol. The van der Waals surface area contributed by atoms with Crippen LogP contribution in [0.4, 0.5) is 0 Å². The van der Waals surface area contributed by atoms with Crippen molar-refractivity contribution in [1.29, 1.82) is 0 Å². The van der Waals surface area contributed by atoms with Crippen LogP contribution >= 0.6 is 0 Å². The predicted molar refractivity (Wildman–Crippen MR) is 49.7 cm³/mol. The van der Waals surface area contributed by atoms with Gasteiger partial charge in [-0.25, -0.2) is 0 Å². The predicted octanol–water partition coefficient (Wildman–Crippen LogP) is 0.647. The summed E-state index contributed by atoms with van der Waals surface area (Å²) >= 11 is 0. The molecular formula is C9H15N3O2. The van der Waals surface area contributed by atoms with Crippen LogP contribution in [-0.2, 0) is 11.3 Å². The first kappa shape index (κ1) is 9.61. The van der Waals surface area contributed by atoms with Crippen molar-refractivity contribution in [3.05, 3.63) is 11.7 Å². The Morgan fingerprint density at radius 2 is 2.57 bits per heavy atom. The minimum atomic E-state index is 0.294. The fourth-order valence-electron chi connectivity index (χ4n) is 1.55. The van der Waals surface area contributed by atoms with Gasteiger partial charge in [0, 0.05) is 13.5 Å². The van der Waals surface area contributed by atoms with Crippen LogP contribution in [0.3, 0.4) is 0 Å². The summed E-state index contributed by atoms with van der Waals surface area (Å²) in [5.41, 5.74) is 0. The molecule has 1 aliphatic heterocycles. The van der Waals surface area contributed by atoms with Gasteiger partial charge in [0.05, 0.1) is 6.10 Å². The second-order valence-corrected chi connectivity index (χ2v) is 3.51. The number of rotatable bonds is 3. The Bertz CT molecular complexity index is 281. The number of aryl methyl sites for hydroxylation is 1. The quantitative estimate of drug-likeness (QED) is 0.770. The van der Waals surface area contributed by atoms with E-state index in [2.05, 4.69) is 15.5 Å². The summed E-state index contributed by atoms with van der Waals surface area (Å²) < 4.78 is 10.5. The van der Waals surface area contributed by atoms with Gasteiger partial charge in [0.1, 0.15) is 6.61 Å². The largest absolute Gasteiger partial charge is 0.369 e. The van der Waals surface area contributed by atoms with Crippen molar-refractivity contribution < 1.29 is 9.26 Å². The van der Waals surface area contributed by atoms with Gasteiger partial charge in [-0.1, -0.05) is 5.16 Å². The SMILES string of the molecule is Cc1nc(CO[C@@H]2CCCNC2)no1. The van der Waals surface area contributed by atoms with Gasteiger partial charge in [-0.2, -0.15) is 4.98 Å². The molecule has 1 N–H and O–H groups in total. The Hall–Kier alpha value is -0.940. The molecule has 0 saturated carbocycles. The van der Waals surface area contributed by atoms with E-state index >= 15 is 0 Å². The summed E-state index contributed by atoms with van der Waals surface area (Å²) in [6.07, 6.45) is 2.59. The van der Waals surface area contributed by atoms with Crippen LogP contribution < -0.4 is 5.32 Å². The Kier molecular flexibility index (Phi) is 3.10. The Morgan fingerprint density at radius 3 is 3.21 bits per heavy atom. The number of nitrogens with zero attached hydrogens (tertiary/aromatic N) is 2. The summed E-state index contributed by atoms with van der Waals surface area (Å²) in [4.78, 5) is 4.07. The minimum Gasteiger partial charge on any atom is -0.369 e. The number of ether oxygens (including phenoxy) is 1. The van der Waals surface area contributed by atoms with E-state index in [1.165, 1.54) is 6.42 Å². The first-order valence-corrected chi connectivity index (χ1v) is 4.96. The number of nitrogens with one attached hydrogen (secondary N) is 1. The van der Waals surface area contributed by atoms with Crippen molar-refractivity contribution in [2.24, 2.45) is 0 Å². The molecule has 0 aromatic carbocycles. The van der Waals surface area contributed by atoms with Crippen molar-refractivity contribution in [3.8, 4) is 0 Å².